The highest BCUT2D eigenvalue weighted by molar-refractivity contribution is 5.49. The van der Waals surface area contributed by atoms with Crippen LogP contribution < -0.4 is 9.47 Å². The number of benzene rings is 1. The molecule has 5 nitrogen and oxygen atoms in total. The summed E-state index contributed by atoms with van der Waals surface area (Å²) in [4.78, 5) is 2.31. The van der Waals surface area contributed by atoms with E-state index in [0.29, 0.717) is 26.6 Å². The van der Waals surface area contributed by atoms with Gasteiger partial charge in [0.25, 0.3) is 0 Å². The third kappa shape index (κ3) is 2.81. The molecule has 0 aliphatic carbocycles. The van der Waals surface area contributed by atoms with Crippen LogP contribution in [0.5, 0.6) is 11.5 Å². The Labute approximate surface area is 131 Å². The van der Waals surface area contributed by atoms with Gasteiger partial charge in [-0.2, -0.15) is 0 Å². The minimum absolute atomic E-state index is 0.111. The van der Waals surface area contributed by atoms with Gasteiger partial charge in [0.05, 0.1) is 26.6 Å². The van der Waals surface area contributed by atoms with Gasteiger partial charge in [-0.1, -0.05) is 0 Å². The number of ether oxygens (including phenoxy) is 3. The molecule has 122 valence electrons. The van der Waals surface area contributed by atoms with E-state index in [2.05, 4.69) is 17.0 Å². The Hall–Kier alpha value is -1.30. The molecule has 2 aliphatic rings. The van der Waals surface area contributed by atoms with E-state index < -0.39 is 0 Å². The molecule has 0 amide bonds. The van der Waals surface area contributed by atoms with Gasteiger partial charge in [0.15, 0.2) is 11.5 Å². The Morgan fingerprint density at radius 2 is 1.95 bits per heavy atom. The molecular formula is C17H25NO4. The zero-order valence-electron chi connectivity index (χ0n) is 13.4. The molecule has 0 radical (unpaired) electrons. The van der Waals surface area contributed by atoms with Gasteiger partial charge in [0.2, 0.25) is 0 Å². The van der Waals surface area contributed by atoms with Crippen LogP contribution in [0.2, 0.25) is 0 Å². The van der Waals surface area contributed by atoms with Crippen molar-refractivity contribution < 1.29 is 19.3 Å². The molecule has 0 aromatic heterocycles. The molecule has 1 aromatic carbocycles. The summed E-state index contributed by atoms with van der Waals surface area (Å²) in [7, 11) is 0. The van der Waals surface area contributed by atoms with Crippen molar-refractivity contribution in [3.05, 3.63) is 23.3 Å². The SMILES string of the molecule is CCOc1cc2c(cc1OCC)C1C(CO)COCN1CC2. The number of fused-ring (bicyclic) bond motifs is 3. The minimum Gasteiger partial charge on any atom is -0.490 e. The van der Waals surface area contributed by atoms with Crippen molar-refractivity contribution >= 4 is 0 Å². The van der Waals surface area contributed by atoms with Crippen LogP contribution in [-0.2, 0) is 11.2 Å². The van der Waals surface area contributed by atoms with E-state index >= 15 is 0 Å². The smallest absolute Gasteiger partial charge is 0.161 e. The van der Waals surface area contributed by atoms with Crippen LogP contribution in [0.1, 0.15) is 31.0 Å². The van der Waals surface area contributed by atoms with Gasteiger partial charge >= 0.3 is 0 Å². The van der Waals surface area contributed by atoms with Gasteiger partial charge < -0.3 is 19.3 Å². The Bertz CT molecular complexity index is 520. The summed E-state index contributed by atoms with van der Waals surface area (Å²) in [5.41, 5.74) is 2.55. The maximum Gasteiger partial charge on any atom is 0.161 e. The second-order valence-electron chi connectivity index (χ2n) is 5.81. The van der Waals surface area contributed by atoms with Crippen LogP contribution in [0.25, 0.3) is 0 Å². The van der Waals surface area contributed by atoms with Crippen molar-refractivity contribution in [1.29, 1.82) is 0 Å². The summed E-state index contributed by atoms with van der Waals surface area (Å²) in [5.74, 6) is 1.73. The van der Waals surface area contributed by atoms with Gasteiger partial charge in [0, 0.05) is 25.1 Å². The van der Waals surface area contributed by atoms with Crippen LogP contribution in [0.3, 0.4) is 0 Å². The highest BCUT2D eigenvalue weighted by atomic mass is 16.5. The van der Waals surface area contributed by atoms with Gasteiger partial charge in [-0.3, -0.25) is 4.90 Å². The predicted molar refractivity (Wildman–Crippen MR) is 83.3 cm³/mol. The summed E-state index contributed by atoms with van der Waals surface area (Å²) in [6, 6.07) is 4.43. The van der Waals surface area contributed by atoms with Crippen LogP contribution in [0, 0.1) is 5.92 Å². The molecule has 22 heavy (non-hydrogen) atoms. The summed E-state index contributed by atoms with van der Waals surface area (Å²) in [6.07, 6.45) is 0.972. The monoisotopic (exact) mass is 307 g/mol. The zero-order chi connectivity index (χ0) is 15.5. The third-order valence-electron chi connectivity index (χ3n) is 4.46. The van der Waals surface area contributed by atoms with E-state index in [-0.39, 0.29) is 18.6 Å². The van der Waals surface area contributed by atoms with E-state index in [1.807, 2.05) is 13.8 Å². The summed E-state index contributed by atoms with van der Waals surface area (Å²) in [6.45, 7) is 7.53. The number of rotatable bonds is 5. The van der Waals surface area contributed by atoms with Crippen LogP contribution in [-0.4, -0.2) is 49.7 Å². The van der Waals surface area contributed by atoms with Crippen molar-refractivity contribution in [2.45, 2.75) is 26.3 Å². The summed E-state index contributed by atoms with van der Waals surface area (Å²) in [5, 5.41) is 9.70. The van der Waals surface area contributed by atoms with Crippen LogP contribution in [0.15, 0.2) is 12.1 Å². The largest absolute Gasteiger partial charge is 0.490 e. The van der Waals surface area contributed by atoms with Crippen molar-refractivity contribution in [2.24, 2.45) is 5.92 Å². The van der Waals surface area contributed by atoms with Crippen molar-refractivity contribution in [3.8, 4) is 11.5 Å². The highest BCUT2D eigenvalue weighted by Crippen LogP contribution is 2.42. The maximum absolute atomic E-state index is 9.70. The lowest BCUT2D eigenvalue weighted by Crippen LogP contribution is -2.47. The topological polar surface area (TPSA) is 51.2 Å². The Kier molecular flexibility index (Phi) is 4.86. The van der Waals surface area contributed by atoms with Gasteiger partial charge in [0.1, 0.15) is 0 Å². The van der Waals surface area contributed by atoms with E-state index in [1.54, 1.807) is 0 Å². The minimum atomic E-state index is 0.111. The first-order chi connectivity index (χ1) is 10.8. The lowest BCUT2D eigenvalue weighted by Gasteiger charge is -2.44. The Morgan fingerprint density at radius 3 is 2.64 bits per heavy atom. The number of aliphatic hydroxyl groups is 1. The molecule has 1 saturated heterocycles. The van der Waals surface area contributed by atoms with Crippen molar-refractivity contribution in [2.75, 3.05) is 39.7 Å². The number of aliphatic hydroxyl groups excluding tert-OH is 1. The molecule has 2 unspecified atom stereocenters. The van der Waals surface area contributed by atoms with E-state index in [0.717, 1.165) is 24.5 Å². The molecule has 3 rings (SSSR count). The highest BCUT2D eigenvalue weighted by Gasteiger charge is 2.37. The predicted octanol–water partition coefficient (Wildman–Crippen LogP) is 1.98. The molecule has 0 saturated carbocycles. The average molecular weight is 307 g/mol. The van der Waals surface area contributed by atoms with Gasteiger partial charge in [-0.25, -0.2) is 0 Å². The number of hydrogen-bond acceptors (Lipinski definition) is 5. The average Bonchev–Trinajstić information content (AvgIpc) is 2.55. The fourth-order valence-corrected chi connectivity index (χ4v) is 3.51. The maximum atomic E-state index is 9.70. The normalized spacial score (nSPS) is 24.5. The molecule has 1 aromatic rings. The van der Waals surface area contributed by atoms with Crippen LogP contribution >= 0.6 is 0 Å². The van der Waals surface area contributed by atoms with Crippen LogP contribution in [0.4, 0.5) is 0 Å². The fourth-order valence-electron chi connectivity index (χ4n) is 3.51. The summed E-state index contributed by atoms with van der Waals surface area (Å²) < 4.78 is 17.1. The molecule has 1 fully saturated rings. The molecule has 2 atom stereocenters. The zero-order valence-corrected chi connectivity index (χ0v) is 13.4. The van der Waals surface area contributed by atoms with E-state index in [9.17, 15) is 5.11 Å². The third-order valence-corrected chi connectivity index (χ3v) is 4.46. The molecular weight excluding hydrogens is 282 g/mol. The second kappa shape index (κ2) is 6.86. The van der Waals surface area contributed by atoms with E-state index in [1.165, 1.54) is 11.1 Å². The Morgan fingerprint density at radius 1 is 1.23 bits per heavy atom. The van der Waals surface area contributed by atoms with Gasteiger partial charge in [-0.05, 0) is 43.5 Å². The fraction of sp³-hybridized carbons (Fsp3) is 0.647. The second-order valence-corrected chi connectivity index (χ2v) is 5.81. The molecule has 0 bridgehead atoms. The Balaban J connectivity index is 2.01. The molecule has 1 N–H and O–H groups in total. The standard InChI is InChI=1S/C17H25NO4/c1-3-21-15-7-12-5-6-18-11-20-10-13(9-19)17(18)14(12)8-16(15)22-4-2/h7-8,13,17,19H,3-6,9-11H2,1-2H3. The number of nitrogens with zero attached hydrogens (tertiary/aromatic N) is 1. The number of hydrogen-bond donors (Lipinski definition) is 1. The van der Waals surface area contributed by atoms with Crippen molar-refractivity contribution in [1.82, 2.24) is 4.90 Å². The van der Waals surface area contributed by atoms with Crippen molar-refractivity contribution in [3.63, 3.8) is 0 Å². The van der Waals surface area contributed by atoms with Gasteiger partial charge in [-0.15, -0.1) is 0 Å². The van der Waals surface area contributed by atoms with E-state index in [4.69, 9.17) is 14.2 Å². The first-order valence-electron chi connectivity index (χ1n) is 8.13. The first-order valence-corrected chi connectivity index (χ1v) is 8.13. The lowest BCUT2D eigenvalue weighted by atomic mass is 9.84. The lowest BCUT2D eigenvalue weighted by molar-refractivity contribution is -0.100. The molecule has 2 heterocycles. The first kappa shape index (κ1) is 15.6. The summed E-state index contributed by atoms with van der Waals surface area (Å²) >= 11 is 0. The molecule has 5 heteroatoms. The quantitative estimate of drug-likeness (QED) is 0.901. The molecule has 0 spiro atoms. The molecule has 2 aliphatic heterocycles.